The van der Waals surface area contributed by atoms with Crippen LogP contribution >= 0.6 is 27.5 Å². The molecule has 106 valence electrons. The van der Waals surface area contributed by atoms with E-state index in [1.165, 1.54) is 0 Å². The summed E-state index contributed by atoms with van der Waals surface area (Å²) in [4.78, 5) is 4.08. The summed E-state index contributed by atoms with van der Waals surface area (Å²) in [5.41, 5.74) is 2.11. The second kappa shape index (κ2) is 7.50. The minimum Gasteiger partial charge on any atom is -0.493 e. The van der Waals surface area contributed by atoms with Gasteiger partial charge in [-0.2, -0.15) is 0 Å². The minimum absolute atomic E-state index is 0.559. The van der Waals surface area contributed by atoms with E-state index in [2.05, 4.69) is 20.9 Å². The van der Waals surface area contributed by atoms with Gasteiger partial charge in [0.15, 0.2) is 11.5 Å². The van der Waals surface area contributed by atoms with E-state index in [-0.39, 0.29) is 0 Å². The van der Waals surface area contributed by atoms with Crippen molar-refractivity contribution in [2.75, 3.05) is 13.7 Å². The molecule has 0 atom stereocenters. The molecular formula is C15H15BrClNO2. The van der Waals surface area contributed by atoms with Crippen LogP contribution in [0, 0.1) is 0 Å². The van der Waals surface area contributed by atoms with Gasteiger partial charge in [-0.25, -0.2) is 0 Å². The molecule has 0 aliphatic carbocycles. The molecule has 0 unspecified atom stereocenters. The van der Waals surface area contributed by atoms with Gasteiger partial charge in [0, 0.05) is 40.8 Å². The van der Waals surface area contributed by atoms with Crippen LogP contribution in [0.15, 0.2) is 36.7 Å². The van der Waals surface area contributed by atoms with Crippen LogP contribution < -0.4 is 9.47 Å². The number of nitrogens with zero attached hydrogens (tertiary/aromatic N) is 1. The number of methoxy groups -OCH3 is 1. The van der Waals surface area contributed by atoms with E-state index in [1.54, 1.807) is 19.4 Å². The topological polar surface area (TPSA) is 31.4 Å². The molecule has 0 fully saturated rings. The number of hydrogen-bond acceptors (Lipinski definition) is 3. The number of hydrogen-bond donors (Lipinski definition) is 0. The first-order valence-corrected chi connectivity index (χ1v) is 7.68. The van der Waals surface area contributed by atoms with E-state index in [1.807, 2.05) is 24.4 Å². The molecule has 0 N–H and O–H groups in total. The van der Waals surface area contributed by atoms with E-state index >= 15 is 0 Å². The number of aromatic nitrogens is 1. The Balaban J connectivity index is 2.08. The molecule has 1 aromatic heterocycles. The third-order valence-corrected chi connectivity index (χ3v) is 3.64. The first-order chi connectivity index (χ1) is 9.74. The zero-order chi connectivity index (χ0) is 14.4. The highest BCUT2D eigenvalue weighted by Gasteiger charge is 2.12. The number of alkyl halides is 1. The largest absolute Gasteiger partial charge is 0.493 e. The molecule has 3 nitrogen and oxygen atoms in total. The summed E-state index contributed by atoms with van der Waals surface area (Å²) in [6, 6.07) is 7.58. The first-order valence-electron chi connectivity index (χ1n) is 6.18. The van der Waals surface area contributed by atoms with E-state index in [0.29, 0.717) is 22.7 Å². The molecule has 5 heteroatoms. The van der Waals surface area contributed by atoms with Gasteiger partial charge >= 0.3 is 0 Å². The zero-order valence-corrected chi connectivity index (χ0v) is 13.4. The van der Waals surface area contributed by atoms with Gasteiger partial charge in [0.2, 0.25) is 0 Å². The van der Waals surface area contributed by atoms with E-state index in [9.17, 15) is 0 Å². The summed E-state index contributed by atoms with van der Waals surface area (Å²) in [7, 11) is 1.61. The maximum Gasteiger partial charge on any atom is 0.165 e. The van der Waals surface area contributed by atoms with Crippen molar-refractivity contribution in [2.45, 2.75) is 11.8 Å². The van der Waals surface area contributed by atoms with Gasteiger partial charge in [-0.3, -0.25) is 4.98 Å². The molecule has 0 saturated carbocycles. The molecular weight excluding hydrogens is 342 g/mol. The SMILES string of the molecule is COc1cc(Cl)cc(CBr)c1OCCc1cccnc1. The summed E-state index contributed by atoms with van der Waals surface area (Å²) in [6.45, 7) is 0.559. The van der Waals surface area contributed by atoms with Gasteiger partial charge in [-0.15, -0.1) is 0 Å². The number of pyridine rings is 1. The molecule has 0 amide bonds. The van der Waals surface area contributed by atoms with Crippen LogP contribution in [-0.4, -0.2) is 18.7 Å². The smallest absolute Gasteiger partial charge is 0.165 e. The second-order valence-corrected chi connectivity index (χ2v) is 5.19. The standard InChI is InChI=1S/C15H15BrClNO2/c1-19-14-8-13(17)7-12(9-16)15(14)20-6-4-11-3-2-5-18-10-11/h2-3,5,7-8,10H,4,6,9H2,1H3. The Labute approximate surface area is 132 Å². The lowest BCUT2D eigenvalue weighted by molar-refractivity contribution is 0.295. The Morgan fingerprint density at radius 1 is 1.35 bits per heavy atom. The van der Waals surface area contributed by atoms with Crippen LogP contribution in [0.2, 0.25) is 5.02 Å². The quantitative estimate of drug-likeness (QED) is 0.725. The Morgan fingerprint density at radius 2 is 2.20 bits per heavy atom. The molecule has 2 aromatic rings. The van der Waals surface area contributed by atoms with Gasteiger partial charge in [0.25, 0.3) is 0 Å². The summed E-state index contributed by atoms with van der Waals surface area (Å²) in [6.07, 6.45) is 4.39. The van der Waals surface area contributed by atoms with Crippen LogP contribution in [0.5, 0.6) is 11.5 Å². The number of ether oxygens (including phenoxy) is 2. The molecule has 0 bridgehead atoms. The normalized spacial score (nSPS) is 10.3. The van der Waals surface area contributed by atoms with Crippen molar-refractivity contribution in [3.63, 3.8) is 0 Å². The van der Waals surface area contributed by atoms with Crippen LogP contribution in [-0.2, 0) is 11.8 Å². The molecule has 0 spiro atoms. The maximum absolute atomic E-state index is 6.04. The van der Waals surface area contributed by atoms with Crippen LogP contribution in [0.25, 0.3) is 0 Å². The van der Waals surface area contributed by atoms with E-state index in [0.717, 1.165) is 23.3 Å². The Morgan fingerprint density at radius 3 is 2.85 bits per heavy atom. The molecule has 1 heterocycles. The molecule has 2 rings (SSSR count). The third kappa shape index (κ3) is 3.87. The van der Waals surface area contributed by atoms with Crippen molar-refractivity contribution in [1.82, 2.24) is 4.98 Å². The van der Waals surface area contributed by atoms with Crippen molar-refractivity contribution >= 4 is 27.5 Å². The minimum atomic E-state index is 0.559. The van der Waals surface area contributed by atoms with Crippen molar-refractivity contribution in [1.29, 1.82) is 0 Å². The number of rotatable bonds is 6. The summed E-state index contributed by atoms with van der Waals surface area (Å²) in [5.74, 6) is 1.39. The van der Waals surface area contributed by atoms with Crippen molar-refractivity contribution < 1.29 is 9.47 Å². The molecule has 0 radical (unpaired) electrons. The summed E-state index contributed by atoms with van der Waals surface area (Å²) in [5, 5.41) is 1.29. The highest BCUT2D eigenvalue weighted by molar-refractivity contribution is 9.08. The lowest BCUT2D eigenvalue weighted by atomic mass is 10.2. The molecule has 0 aliphatic rings. The van der Waals surface area contributed by atoms with Crippen LogP contribution in [0.3, 0.4) is 0 Å². The van der Waals surface area contributed by atoms with Gasteiger partial charge in [0.05, 0.1) is 13.7 Å². The highest BCUT2D eigenvalue weighted by Crippen LogP contribution is 2.35. The Hall–Kier alpha value is -1.26. The predicted molar refractivity (Wildman–Crippen MR) is 84.1 cm³/mol. The maximum atomic E-state index is 6.04. The molecule has 0 aliphatic heterocycles. The monoisotopic (exact) mass is 355 g/mol. The van der Waals surface area contributed by atoms with Gasteiger partial charge in [-0.1, -0.05) is 33.6 Å². The van der Waals surface area contributed by atoms with Crippen LogP contribution in [0.4, 0.5) is 0 Å². The van der Waals surface area contributed by atoms with Gasteiger partial charge < -0.3 is 9.47 Å². The van der Waals surface area contributed by atoms with E-state index in [4.69, 9.17) is 21.1 Å². The highest BCUT2D eigenvalue weighted by atomic mass is 79.9. The Bertz CT molecular complexity index is 538. The van der Waals surface area contributed by atoms with Crippen molar-refractivity contribution in [2.24, 2.45) is 0 Å². The lowest BCUT2D eigenvalue weighted by Gasteiger charge is -2.14. The fraction of sp³-hybridized carbons (Fsp3) is 0.267. The third-order valence-electron chi connectivity index (χ3n) is 2.82. The Kier molecular flexibility index (Phi) is 5.68. The average Bonchev–Trinajstić information content (AvgIpc) is 2.49. The first kappa shape index (κ1) is 15.1. The summed E-state index contributed by atoms with van der Waals surface area (Å²) < 4.78 is 11.2. The molecule has 0 saturated heterocycles. The number of halogens is 2. The fourth-order valence-corrected chi connectivity index (χ4v) is 2.50. The van der Waals surface area contributed by atoms with Crippen molar-refractivity contribution in [3.05, 3.63) is 52.8 Å². The van der Waals surface area contributed by atoms with Gasteiger partial charge in [-0.05, 0) is 17.7 Å². The number of benzene rings is 1. The summed E-state index contributed by atoms with van der Waals surface area (Å²) >= 11 is 9.48. The van der Waals surface area contributed by atoms with E-state index < -0.39 is 0 Å². The van der Waals surface area contributed by atoms with Crippen molar-refractivity contribution in [3.8, 4) is 11.5 Å². The van der Waals surface area contributed by atoms with Gasteiger partial charge in [0.1, 0.15) is 0 Å². The molecule has 1 aromatic carbocycles. The zero-order valence-electron chi connectivity index (χ0n) is 11.1. The predicted octanol–water partition coefficient (Wildman–Crippen LogP) is 4.26. The lowest BCUT2D eigenvalue weighted by Crippen LogP contribution is -2.05. The fourth-order valence-electron chi connectivity index (χ4n) is 1.85. The van der Waals surface area contributed by atoms with Crippen LogP contribution in [0.1, 0.15) is 11.1 Å². The second-order valence-electron chi connectivity index (χ2n) is 4.19. The molecule has 20 heavy (non-hydrogen) atoms. The average molecular weight is 357 g/mol.